The average Bonchev–Trinajstić information content (AvgIpc) is 2.30. The zero-order valence-electron chi connectivity index (χ0n) is 13.8. The van der Waals surface area contributed by atoms with E-state index in [1.807, 2.05) is 34.6 Å². The molecule has 1 unspecified atom stereocenters. The highest BCUT2D eigenvalue weighted by Gasteiger charge is 2.43. The van der Waals surface area contributed by atoms with Crippen LogP contribution in [0, 0.1) is 10.8 Å². The van der Waals surface area contributed by atoms with Crippen LogP contribution in [0.3, 0.4) is 0 Å². The number of amides is 1. The van der Waals surface area contributed by atoms with Crippen LogP contribution in [0.25, 0.3) is 0 Å². The molecule has 0 aliphatic rings. The Hall–Kier alpha value is -1.26. The third-order valence-electron chi connectivity index (χ3n) is 3.76. The summed E-state index contributed by atoms with van der Waals surface area (Å²) in [5, 5.41) is 2.54. The predicted octanol–water partition coefficient (Wildman–Crippen LogP) is 3.13. The van der Waals surface area contributed by atoms with E-state index < -0.39 is 11.5 Å². The van der Waals surface area contributed by atoms with Crippen LogP contribution in [-0.2, 0) is 14.3 Å². The van der Waals surface area contributed by atoms with Crippen molar-refractivity contribution >= 4 is 12.1 Å². The van der Waals surface area contributed by atoms with Gasteiger partial charge in [0, 0.05) is 0 Å². The molecule has 5 heteroatoms. The van der Waals surface area contributed by atoms with E-state index in [9.17, 15) is 9.59 Å². The number of carbonyl (C=O) groups is 2. The molecule has 1 N–H and O–H groups in total. The first-order valence-corrected chi connectivity index (χ1v) is 7.16. The summed E-state index contributed by atoms with van der Waals surface area (Å²) in [6.07, 6.45) is 0.0463. The lowest BCUT2D eigenvalue weighted by Gasteiger charge is -2.38. The van der Waals surface area contributed by atoms with Gasteiger partial charge >= 0.3 is 12.1 Å². The summed E-state index contributed by atoms with van der Waals surface area (Å²) in [6, 6.07) is 0. The Bertz CT molecular complexity index is 333. The maximum atomic E-state index is 12.2. The van der Waals surface area contributed by atoms with E-state index in [-0.39, 0.29) is 30.6 Å². The number of hydrogen-bond donors (Lipinski definition) is 1. The van der Waals surface area contributed by atoms with Gasteiger partial charge in [0.05, 0.1) is 18.1 Å². The molecule has 118 valence electrons. The number of hydrogen-bond acceptors (Lipinski definition) is 4. The lowest BCUT2D eigenvalue weighted by molar-refractivity contribution is -0.162. The molecule has 0 rings (SSSR count). The van der Waals surface area contributed by atoms with Crippen molar-refractivity contribution in [1.29, 1.82) is 0 Å². The van der Waals surface area contributed by atoms with Crippen LogP contribution >= 0.6 is 0 Å². The number of ether oxygens (including phenoxy) is 2. The minimum Gasteiger partial charge on any atom is -0.463 e. The van der Waals surface area contributed by atoms with Crippen LogP contribution in [0.2, 0.25) is 0 Å². The highest BCUT2D eigenvalue weighted by Crippen LogP contribution is 2.42. The number of rotatable bonds is 6. The van der Waals surface area contributed by atoms with E-state index in [1.54, 1.807) is 13.8 Å². The molecule has 20 heavy (non-hydrogen) atoms. The fourth-order valence-electron chi connectivity index (χ4n) is 1.69. The summed E-state index contributed by atoms with van der Waals surface area (Å²) in [5.74, 6) is -0.230. The zero-order valence-corrected chi connectivity index (χ0v) is 13.8. The quantitative estimate of drug-likeness (QED) is 0.602. The first kappa shape index (κ1) is 18.7. The molecule has 0 heterocycles. The highest BCUT2D eigenvalue weighted by atomic mass is 16.6. The van der Waals surface area contributed by atoms with E-state index >= 15 is 0 Å². The number of esters is 1. The largest absolute Gasteiger partial charge is 0.463 e. The first-order valence-electron chi connectivity index (χ1n) is 7.16. The van der Waals surface area contributed by atoms with Crippen LogP contribution in [-0.4, -0.2) is 31.3 Å². The Kier molecular flexibility index (Phi) is 7.03. The van der Waals surface area contributed by atoms with Gasteiger partial charge in [-0.1, -0.05) is 27.7 Å². The molecular formula is C15H29NO4. The summed E-state index contributed by atoms with van der Waals surface area (Å²) in [7, 11) is 0. The molecule has 1 atom stereocenters. The van der Waals surface area contributed by atoms with E-state index in [2.05, 4.69) is 5.32 Å². The van der Waals surface area contributed by atoms with E-state index in [4.69, 9.17) is 9.47 Å². The molecule has 0 bridgehead atoms. The van der Waals surface area contributed by atoms with Gasteiger partial charge in [0.25, 0.3) is 0 Å². The van der Waals surface area contributed by atoms with Gasteiger partial charge in [0.15, 0.2) is 0 Å². The summed E-state index contributed by atoms with van der Waals surface area (Å²) in [4.78, 5) is 23.4. The molecule has 0 spiro atoms. The summed E-state index contributed by atoms with van der Waals surface area (Å²) < 4.78 is 10.2. The van der Waals surface area contributed by atoms with Crippen molar-refractivity contribution in [2.45, 2.75) is 61.0 Å². The molecule has 0 aliphatic carbocycles. The van der Waals surface area contributed by atoms with Crippen LogP contribution in [0.5, 0.6) is 0 Å². The Labute approximate surface area is 122 Å². The van der Waals surface area contributed by atoms with E-state index in [0.29, 0.717) is 6.42 Å². The van der Waals surface area contributed by atoms with Crippen LogP contribution in [0.4, 0.5) is 4.79 Å². The fraction of sp³-hybridized carbons (Fsp3) is 0.867. The molecule has 0 aromatic heterocycles. The van der Waals surface area contributed by atoms with Crippen molar-refractivity contribution < 1.29 is 19.1 Å². The number of nitrogens with one attached hydrogen (secondary N) is 1. The molecule has 0 radical (unpaired) electrons. The standard InChI is InChI=1S/C15H29NO4/c1-8-15(7,14(4,5)6)12(17)19-10-9-16-13(18)20-11(2)3/h11H,8-10H2,1-7H3,(H,16,18). The average molecular weight is 287 g/mol. The third kappa shape index (κ3) is 5.39. The first-order chi connectivity index (χ1) is 9.04. The molecule has 0 saturated heterocycles. The van der Waals surface area contributed by atoms with Crippen molar-refractivity contribution in [2.24, 2.45) is 10.8 Å². The summed E-state index contributed by atoms with van der Waals surface area (Å²) in [6.45, 7) is 13.9. The van der Waals surface area contributed by atoms with E-state index in [0.717, 1.165) is 0 Å². The summed E-state index contributed by atoms with van der Waals surface area (Å²) >= 11 is 0. The third-order valence-corrected chi connectivity index (χ3v) is 3.76. The van der Waals surface area contributed by atoms with Crippen LogP contribution < -0.4 is 5.32 Å². The highest BCUT2D eigenvalue weighted by molar-refractivity contribution is 5.77. The molecule has 5 nitrogen and oxygen atoms in total. The molecular weight excluding hydrogens is 258 g/mol. The maximum absolute atomic E-state index is 12.2. The topological polar surface area (TPSA) is 64.6 Å². The SMILES string of the molecule is CCC(C)(C(=O)OCCNC(=O)OC(C)C)C(C)(C)C. The second-order valence-electron chi connectivity index (χ2n) is 6.45. The maximum Gasteiger partial charge on any atom is 0.407 e. The van der Waals surface area contributed by atoms with Gasteiger partial charge < -0.3 is 14.8 Å². The van der Waals surface area contributed by atoms with Gasteiger partial charge in [-0.15, -0.1) is 0 Å². The van der Waals surface area contributed by atoms with Crippen molar-refractivity contribution in [3.05, 3.63) is 0 Å². The monoisotopic (exact) mass is 287 g/mol. The van der Waals surface area contributed by atoms with Gasteiger partial charge in [0.2, 0.25) is 0 Å². The molecule has 0 aliphatic heterocycles. The lowest BCUT2D eigenvalue weighted by atomic mass is 9.66. The summed E-state index contributed by atoms with van der Waals surface area (Å²) in [5.41, 5.74) is -0.714. The van der Waals surface area contributed by atoms with Gasteiger partial charge in [0.1, 0.15) is 6.61 Å². The molecule has 0 aromatic rings. The molecule has 0 aromatic carbocycles. The normalized spacial score (nSPS) is 14.6. The van der Waals surface area contributed by atoms with Crippen molar-refractivity contribution in [2.75, 3.05) is 13.2 Å². The molecule has 1 amide bonds. The minimum atomic E-state index is -0.536. The zero-order chi connectivity index (χ0) is 16.0. The van der Waals surface area contributed by atoms with Crippen molar-refractivity contribution in [3.63, 3.8) is 0 Å². The lowest BCUT2D eigenvalue weighted by Crippen LogP contribution is -2.42. The van der Waals surface area contributed by atoms with Gasteiger partial charge in [-0.05, 0) is 32.6 Å². The van der Waals surface area contributed by atoms with Gasteiger partial charge in [-0.2, -0.15) is 0 Å². The smallest absolute Gasteiger partial charge is 0.407 e. The van der Waals surface area contributed by atoms with Crippen molar-refractivity contribution in [3.8, 4) is 0 Å². The fourth-order valence-corrected chi connectivity index (χ4v) is 1.69. The molecule has 0 fully saturated rings. The predicted molar refractivity (Wildman–Crippen MR) is 78.4 cm³/mol. The second kappa shape index (κ2) is 7.50. The Morgan fingerprint density at radius 2 is 1.70 bits per heavy atom. The van der Waals surface area contributed by atoms with Crippen LogP contribution in [0.15, 0.2) is 0 Å². The van der Waals surface area contributed by atoms with E-state index in [1.165, 1.54) is 0 Å². The van der Waals surface area contributed by atoms with Crippen LogP contribution in [0.1, 0.15) is 54.9 Å². The minimum absolute atomic E-state index is 0.150. The van der Waals surface area contributed by atoms with Gasteiger partial charge in [-0.3, -0.25) is 4.79 Å². The Morgan fingerprint density at radius 1 is 1.15 bits per heavy atom. The number of carbonyl (C=O) groups excluding carboxylic acids is 2. The second-order valence-corrected chi connectivity index (χ2v) is 6.45. The number of alkyl carbamates (subject to hydrolysis) is 1. The Balaban J connectivity index is 4.20. The Morgan fingerprint density at radius 3 is 2.10 bits per heavy atom. The van der Waals surface area contributed by atoms with Gasteiger partial charge in [-0.25, -0.2) is 4.79 Å². The molecule has 0 saturated carbocycles. The van der Waals surface area contributed by atoms with Crippen molar-refractivity contribution in [1.82, 2.24) is 5.32 Å².